The minimum Gasteiger partial charge on any atom is -0.350 e. The van der Waals surface area contributed by atoms with Crippen LogP contribution in [0.2, 0.25) is 0 Å². The number of sulfonamides is 1. The highest BCUT2D eigenvalue weighted by Crippen LogP contribution is 2.25. The molecular weight excluding hydrogens is 326 g/mol. The van der Waals surface area contributed by atoms with Gasteiger partial charge in [0.1, 0.15) is 0 Å². The van der Waals surface area contributed by atoms with Crippen LogP contribution in [0.1, 0.15) is 29.6 Å². The highest BCUT2D eigenvalue weighted by molar-refractivity contribution is 7.88. The molecule has 24 heavy (non-hydrogen) atoms. The van der Waals surface area contributed by atoms with E-state index in [-0.39, 0.29) is 18.5 Å². The Balaban J connectivity index is 1.88. The van der Waals surface area contributed by atoms with Gasteiger partial charge in [-0.15, -0.1) is 0 Å². The molecule has 1 saturated heterocycles. The summed E-state index contributed by atoms with van der Waals surface area (Å²) in [5.41, 5.74) is 1.70. The molecule has 2 heterocycles. The molecule has 7 heteroatoms. The van der Waals surface area contributed by atoms with Crippen molar-refractivity contribution in [3.05, 3.63) is 36.0 Å². The molecule has 3 rings (SSSR count). The molecule has 1 atom stereocenters. The van der Waals surface area contributed by atoms with Gasteiger partial charge in [-0.25, -0.2) is 13.1 Å². The van der Waals surface area contributed by atoms with Gasteiger partial charge in [0.2, 0.25) is 10.0 Å². The molecule has 1 unspecified atom stereocenters. The molecule has 1 fully saturated rings. The number of fused-ring (bicyclic) bond motifs is 1. The van der Waals surface area contributed by atoms with Crippen LogP contribution in [0.3, 0.4) is 0 Å². The van der Waals surface area contributed by atoms with E-state index in [4.69, 9.17) is 0 Å². The third-order valence-electron chi connectivity index (χ3n) is 4.60. The Hall–Kier alpha value is -1.86. The van der Waals surface area contributed by atoms with Crippen LogP contribution in [-0.4, -0.2) is 49.2 Å². The van der Waals surface area contributed by atoms with Crippen LogP contribution in [0.5, 0.6) is 0 Å². The van der Waals surface area contributed by atoms with Crippen molar-refractivity contribution in [2.75, 3.05) is 19.3 Å². The van der Waals surface area contributed by atoms with Gasteiger partial charge in [0.05, 0.1) is 11.8 Å². The predicted octanol–water partition coefficient (Wildman–Crippen LogP) is 1.72. The van der Waals surface area contributed by atoms with Crippen LogP contribution in [0, 0.1) is 0 Å². The van der Waals surface area contributed by atoms with Crippen molar-refractivity contribution < 1.29 is 13.2 Å². The average molecular weight is 349 g/mol. The first-order valence-corrected chi connectivity index (χ1v) is 10.1. The number of hydrogen-bond acceptors (Lipinski definition) is 3. The molecule has 0 saturated carbocycles. The average Bonchev–Trinajstić information content (AvgIpc) is 2.89. The fourth-order valence-corrected chi connectivity index (χ4v) is 3.89. The number of aromatic nitrogens is 1. The molecule has 1 aliphatic heterocycles. The molecule has 1 aromatic carbocycles. The molecule has 0 bridgehead atoms. The van der Waals surface area contributed by atoms with Crippen molar-refractivity contribution in [1.82, 2.24) is 14.2 Å². The van der Waals surface area contributed by atoms with Gasteiger partial charge < -0.3 is 9.47 Å². The van der Waals surface area contributed by atoms with Gasteiger partial charge in [-0.05, 0) is 25.3 Å². The topological polar surface area (TPSA) is 71.4 Å². The lowest BCUT2D eigenvalue weighted by Gasteiger charge is -2.35. The van der Waals surface area contributed by atoms with Crippen molar-refractivity contribution >= 4 is 26.8 Å². The highest BCUT2D eigenvalue weighted by atomic mass is 32.2. The van der Waals surface area contributed by atoms with Crippen LogP contribution in [0.25, 0.3) is 10.9 Å². The van der Waals surface area contributed by atoms with Crippen molar-refractivity contribution in [1.29, 1.82) is 0 Å². The lowest BCUT2D eigenvalue weighted by molar-refractivity contribution is 0.0620. The third kappa shape index (κ3) is 3.47. The van der Waals surface area contributed by atoms with Crippen LogP contribution < -0.4 is 4.72 Å². The first kappa shape index (κ1) is 17.0. The number of aryl methyl sites for hydroxylation is 1. The Morgan fingerprint density at radius 2 is 2.04 bits per heavy atom. The number of carbonyl (C=O) groups is 1. The van der Waals surface area contributed by atoms with Gasteiger partial charge >= 0.3 is 0 Å². The Bertz CT molecular complexity index is 857. The number of hydrogen-bond donors (Lipinski definition) is 1. The number of rotatable bonds is 4. The lowest BCUT2D eigenvalue weighted by Crippen LogP contribution is -2.49. The second-order valence-electron chi connectivity index (χ2n) is 6.44. The molecule has 1 aliphatic rings. The number of likely N-dealkylation sites (tertiary alicyclic amines) is 1. The van der Waals surface area contributed by atoms with E-state index in [0.717, 1.165) is 36.4 Å². The Labute approximate surface area is 142 Å². The van der Waals surface area contributed by atoms with Crippen LogP contribution in [0.15, 0.2) is 30.5 Å². The second kappa shape index (κ2) is 6.57. The lowest BCUT2D eigenvalue weighted by atomic mass is 10.0. The van der Waals surface area contributed by atoms with Gasteiger partial charge in [-0.2, -0.15) is 0 Å². The summed E-state index contributed by atoms with van der Waals surface area (Å²) >= 11 is 0. The summed E-state index contributed by atoms with van der Waals surface area (Å²) < 4.78 is 27.3. The highest BCUT2D eigenvalue weighted by Gasteiger charge is 2.29. The standard InChI is InChI=1S/C17H23N3O3S/c1-19-12-15(14-8-3-4-9-16(14)19)17(21)20-10-6-5-7-13(20)11-18-24(2,22)23/h3-4,8-9,12-13,18H,5-7,10-11H2,1-2H3. The molecular formula is C17H23N3O3S. The van der Waals surface area contributed by atoms with E-state index in [1.54, 1.807) is 0 Å². The summed E-state index contributed by atoms with van der Waals surface area (Å²) in [4.78, 5) is 14.9. The summed E-state index contributed by atoms with van der Waals surface area (Å²) in [6.45, 7) is 0.938. The molecule has 0 aliphatic carbocycles. The minimum absolute atomic E-state index is 0.0215. The molecule has 1 amide bonds. The fourth-order valence-electron chi connectivity index (χ4n) is 3.39. The summed E-state index contributed by atoms with van der Waals surface area (Å²) in [5.74, 6) is -0.0215. The Morgan fingerprint density at radius 1 is 1.29 bits per heavy atom. The first-order valence-electron chi connectivity index (χ1n) is 8.16. The van der Waals surface area contributed by atoms with Crippen LogP contribution in [0.4, 0.5) is 0 Å². The maximum absolute atomic E-state index is 13.1. The fraction of sp³-hybridized carbons (Fsp3) is 0.471. The van der Waals surface area contributed by atoms with Crippen LogP contribution in [-0.2, 0) is 17.1 Å². The van der Waals surface area contributed by atoms with E-state index in [2.05, 4.69) is 4.72 Å². The van der Waals surface area contributed by atoms with Crippen molar-refractivity contribution in [3.63, 3.8) is 0 Å². The van der Waals surface area contributed by atoms with E-state index in [1.807, 2.05) is 47.0 Å². The maximum Gasteiger partial charge on any atom is 0.256 e. The molecule has 1 N–H and O–H groups in total. The van der Waals surface area contributed by atoms with Crippen LogP contribution >= 0.6 is 0 Å². The Morgan fingerprint density at radius 3 is 2.79 bits per heavy atom. The minimum atomic E-state index is -3.26. The smallest absolute Gasteiger partial charge is 0.256 e. The predicted molar refractivity (Wildman–Crippen MR) is 94.4 cm³/mol. The van der Waals surface area contributed by atoms with E-state index in [9.17, 15) is 13.2 Å². The summed E-state index contributed by atoms with van der Waals surface area (Å²) in [7, 11) is -1.33. The van der Waals surface area contributed by atoms with Gasteiger partial charge in [0.15, 0.2) is 0 Å². The zero-order valence-corrected chi connectivity index (χ0v) is 14.8. The molecule has 130 valence electrons. The van der Waals surface area contributed by atoms with Gasteiger partial charge in [-0.1, -0.05) is 18.2 Å². The number of nitrogens with one attached hydrogen (secondary N) is 1. The maximum atomic E-state index is 13.1. The van der Waals surface area contributed by atoms with Crippen molar-refractivity contribution in [3.8, 4) is 0 Å². The molecule has 2 aromatic rings. The summed E-state index contributed by atoms with van der Waals surface area (Å²) in [6.07, 6.45) is 5.79. The van der Waals surface area contributed by atoms with Crippen molar-refractivity contribution in [2.45, 2.75) is 25.3 Å². The number of piperidine rings is 1. The number of para-hydroxylation sites is 1. The SMILES string of the molecule is Cn1cc(C(=O)N2CCCCC2CNS(C)(=O)=O)c2ccccc21. The number of nitrogens with zero attached hydrogens (tertiary/aromatic N) is 2. The monoisotopic (exact) mass is 349 g/mol. The number of carbonyl (C=O) groups excluding carboxylic acids is 1. The molecule has 0 spiro atoms. The number of amides is 1. The molecule has 6 nitrogen and oxygen atoms in total. The summed E-state index contributed by atoms with van der Waals surface area (Å²) in [5, 5.41) is 0.936. The largest absolute Gasteiger partial charge is 0.350 e. The van der Waals surface area contributed by atoms with Gasteiger partial charge in [0.25, 0.3) is 5.91 Å². The zero-order valence-electron chi connectivity index (χ0n) is 14.0. The zero-order chi connectivity index (χ0) is 17.3. The van der Waals surface area contributed by atoms with Gasteiger partial charge in [0, 0.05) is 43.3 Å². The number of benzene rings is 1. The normalized spacial score (nSPS) is 18.9. The second-order valence-corrected chi connectivity index (χ2v) is 8.27. The molecule has 1 aromatic heterocycles. The van der Waals surface area contributed by atoms with E-state index >= 15 is 0 Å². The molecule has 0 radical (unpaired) electrons. The Kier molecular flexibility index (Phi) is 4.64. The third-order valence-corrected chi connectivity index (χ3v) is 5.29. The summed E-state index contributed by atoms with van der Waals surface area (Å²) in [6, 6.07) is 7.73. The van der Waals surface area contributed by atoms with E-state index < -0.39 is 10.0 Å². The van der Waals surface area contributed by atoms with E-state index in [1.165, 1.54) is 0 Å². The van der Waals surface area contributed by atoms with Crippen molar-refractivity contribution in [2.24, 2.45) is 7.05 Å². The van der Waals surface area contributed by atoms with Gasteiger partial charge in [-0.3, -0.25) is 4.79 Å². The quantitative estimate of drug-likeness (QED) is 0.914. The first-order chi connectivity index (χ1) is 11.4. The van der Waals surface area contributed by atoms with E-state index in [0.29, 0.717) is 12.1 Å².